The third-order valence-corrected chi connectivity index (χ3v) is 5.05. The number of hydrogen-bond donors (Lipinski definition) is 2. The topological polar surface area (TPSA) is 50.4 Å². The summed E-state index contributed by atoms with van der Waals surface area (Å²) >= 11 is 5.25. The minimum Gasteiger partial charge on any atom is -0.457 e. The number of para-hydroxylation sites is 1. The molecule has 0 aliphatic heterocycles. The van der Waals surface area contributed by atoms with Crippen LogP contribution in [0.2, 0.25) is 0 Å². The van der Waals surface area contributed by atoms with Gasteiger partial charge in [0, 0.05) is 12.1 Å². The van der Waals surface area contributed by atoms with Gasteiger partial charge in [0.1, 0.15) is 11.5 Å². The summed E-state index contributed by atoms with van der Waals surface area (Å²) in [5, 5.41) is 6.15. The highest BCUT2D eigenvalue weighted by atomic mass is 32.1. The summed E-state index contributed by atoms with van der Waals surface area (Å²) in [5.41, 5.74) is 0.813. The summed E-state index contributed by atoms with van der Waals surface area (Å²) in [6.07, 6.45) is 7.95. The molecule has 0 atom stereocenters. The van der Waals surface area contributed by atoms with Crippen molar-refractivity contribution >= 4 is 28.9 Å². The van der Waals surface area contributed by atoms with Crippen molar-refractivity contribution in [3.8, 4) is 11.5 Å². The van der Waals surface area contributed by atoms with Gasteiger partial charge in [-0.25, -0.2) is 0 Å². The van der Waals surface area contributed by atoms with Crippen LogP contribution < -0.4 is 15.4 Å². The Morgan fingerprint density at radius 3 is 2.33 bits per heavy atom. The fraction of sp³-hybridized carbons (Fsp3) is 0.364. The number of benzene rings is 2. The molecule has 0 saturated heterocycles. The van der Waals surface area contributed by atoms with Crippen LogP contribution in [-0.2, 0) is 4.79 Å². The lowest BCUT2D eigenvalue weighted by Crippen LogP contribution is -2.34. The van der Waals surface area contributed by atoms with E-state index in [4.69, 9.17) is 17.0 Å². The number of carbonyl (C=O) groups excluding carboxylic acids is 1. The first-order valence-corrected chi connectivity index (χ1v) is 10.0. The summed E-state index contributed by atoms with van der Waals surface area (Å²) < 4.78 is 5.76. The summed E-state index contributed by atoms with van der Waals surface area (Å²) in [7, 11) is 0. The van der Waals surface area contributed by atoms with Gasteiger partial charge in [-0.15, -0.1) is 0 Å². The molecule has 2 N–H and O–H groups in total. The third-order valence-electron chi connectivity index (χ3n) is 4.85. The van der Waals surface area contributed by atoms with E-state index < -0.39 is 0 Å². The van der Waals surface area contributed by atoms with E-state index in [1.165, 1.54) is 32.1 Å². The fourth-order valence-electron chi connectivity index (χ4n) is 3.39. The Morgan fingerprint density at radius 1 is 0.963 bits per heavy atom. The van der Waals surface area contributed by atoms with Crippen LogP contribution in [-0.4, -0.2) is 11.0 Å². The van der Waals surface area contributed by atoms with Crippen molar-refractivity contribution in [3.05, 3.63) is 54.6 Å². The molecule has 2 aromatic rings. The van der Waals surface area contributed by atoms with Crippen LogP contribution >= 0.6 is 12.2 Å². The molecule has 0 heterocycles. The second-order valence-electron chi connectivity index (χ2n) is 6.98. The molecule has 0 unspecified atom stereocenters. The molecule has 0 radical (unpaired) electrons. The summed E-state index contributed by atoms with van der Waals surface area (Å²) in [4.78, 5) is 12.1. The lowest BCUT2D eigenvalue weighted by atomic mass is 9.86. The Morgan fingerprint density at radius 2 is 1.63 bits per heavy atom. The number of anilines is 1. The maximum atomic E-state index is 12.1. The van der Waals surface area contributed by atoms with E-state index in [-0.39, 0.29) is 5.91 Å². The summed E-state index contributed by atoms with van der Waals surface area (Å²) in [5.74, 6) is 2.22. The average Bonchev–Trinajstić information content (AvgIpc) is 2.69. The first-order chi connectivity index (χ1) is 13.2. The van der Waals surface area contributed by atoms with Crippen molar-refractivity contribution in [2.75, 3.05) is 5.32 Å². The molecule has 0 bridgehead atoms. The molecule has 5 heteroatoms. The first-order valence-electron chi connectivity index (χ1n) is 9.63. The molecular formula is C22H26N2O2S. The molecule has 3 rings (SSSR count). The molecule has 1 aliphatic carbocycles. The van der Waals surface area contributed by atoms with Crippen LogP contribution in [0.4, 0.5) is 5.69 Å². The third kappa shape index (κ3) is 6.68. The van der Waals surface area contributed by atoms with Gasteiger partial charge in [-0.05, 0) is 61.0 Å². The molecule has 1 amide bonds. The van der Waals surface area contributed by atoms with Crippen molar-refractivity contribution in [1.29, 1.82) is 0 Å². The quantitative estimate of drug-likeness (QED) is 0.634. The van der Waals surface area contributed by atoms with Gasteiger partial charge >= 0.3 is 0 Å². The van der Waals surface area contributed by atoms with E-state index in [2.05, 4.69) is 10.6 Å². The molecule has 1 aliphatic rings. The van der Waals surface area contributed by atoms with Crippen molar-refractivity contribution < 1.29 is 9.53 Å². The monoisotopic (exact) mass is 382 g/mol. The Bertz CT molecular complexity index is 741. The minimum absolute atomic E-state index is 0.0119. The molecular weight excluding hydrogens is 356 g/mol. The molecule has 1 fully saturated rings. The van der Waals surface area contributed by atoms with Crippen molar-refractivity contribution in [3.63, 3.8) is 0 Å². The van der Waals surface area contributed by atoms with Crippen molar-refractivity contribution in [1.82, 2.24) is 5.32 Å². The molecule has 0 aromatic heterocycles. The van der Waals surface area contributed by atoms with Crippen LogP contribution in [0.15, 0.2) is 54.6 Å². The average molecular weight is 383 g/mol. The van der Waals surface area contributed by atoms with Gasteiger partial charge < -0.3 is 15.4 Å². The maximum absolute atomic E-state index is 12.1. The number of rotatable bonds is 6. The van der Waals surface area contributed by atoms with Gasteiger partial charge in [0.2, 0.25) is 5.91 Å². The largest absolute Gasteiger partial charge is 0.457 e. The van der Waals surface area contributed by atoms with E-state index in [1.54, 1.807) is 0 Å². The van der Waals surface area contributed by atoms with Gasteiger partial charge in [0.25, 0.3) is 0 Å². The normalized spacial score (nSPS) is 14.4. The van der Waals surface area contributed by atoms with E-state index in [1.807, 2.05) is 54.6 Å². The molecule has 4 nitrogen and oxygen atoms in total. The lowest BCUT2D eigenvalue weighted by Gasteiger charge is -2.21. The Balaban J connectivity index is 1.41. The number of nitrogens with one attached hydrogen (secondary N) is 2. The van der Waals surface area contributed by atoms with Crippen LogP contribution in [0.5, 0.6) is 11.5 Å². The van der Waals surface area contributed by atoms with E-state index in [9.17, 15) is 4.79 Å². The number of ether oxygens (including phenoxy) is 1. The zero-order chi connectivity index (χ0) is 18.9. The Hall–Kier alpha value is -2.40. The molecule has 1 saturated carbocycles. The van der Waals surface area contributed by atoms with E-state index >= 15 is 0 Å². The van der Waals surface area contributed by atoms with Gasteiger partial charge in [-0.2, -0.15) is 0 Å². The zero-order valence-electron chi connectivity index (χ0n) is 15.4. The molecule has 142 valence electrons. The van der Waals surface area contributed by atoms with Crippen molar-refractivity contribution in [2.24, 2.45) is 5.92 Å². The zero-order valence-corrected chi connectivity index (χ0v) is 16.3. The second kappa shape index (κ2) is 10.1. The van der Waals surface area contributed by atoms with Gasteiger partial charge in [0.05, 0.1) is 0 Å². The second-order valence-corrected chi connectivity index (χ2v) is 7.39. The summed E-state index contributed by atoms with van der Waals surface area (Å²) in [6, 6.07) is 17.1. The predicted octanol–water partition coefficient (Wildman–Crippen LogP) is 5.65. The van der Waals surface area contributed by atoms with Gasteiger partial charge in [0.15, 0.2) is 5.11 Å². The number of thiocarbonyl (C=S) groups is 1. The van der Waals surface area contributed by atoms with Crippen LogP contribution in [0.1, 0.15) is 44.9 Å². The highest BCUT2D eigenvalue weighted by molar-refractivity contribution is 7.80. The molecule has 0 spiro atoms. The number of hydrogen-bond acceptors (Lipinski definition) is 3. The predicted molar refractivity (Wildman–Crippen MR) is 113 cm³/mol. The Kier molecular flexibility index (Phi) is 7.22. The van der Waals surface area contributed by atoms with Gasteiger partial charge in [-0.3, -0.25) is 4.79 Å². The van der Waals surface area contributed by atoms with Gasteiger partial charge in [-0.1, -0.05) is 50.3 Å². The SMILES string of the molecule is O=C(CCC1CCCCC1)NC(=S)Nc1ccc(Oc2ccccc2)cc1. The van der Waals surface area contributed by atoms with Crippen LogP contribution in [0.3, 0.4) is 0 Å². The smallest absolute Gasteiger partial charge is 0.226 e. The van der Waals surface area contributed by atoms with E-state index in [0.717, 1.165) is 23.6 Å². The first kappa shape index (κ1) is 19.4. The highest BCUT2D eigenvalue weighted by Crippen LogP contribution is 2.27. The maximum Gasteiger partial charge on any atom is 0.226 e. The standard InChI is InChI=1S/C22H26N2O2S/c25-21(16-11-17-7-3-1-4-8-17)24-22(27)23-18-12-14-20(15-13-18)26-19-9-5-2-6-10-19/h2,5-6,9-10,12-15,17H,1,3-4,7-8,11,16H2,(H2,23,24,25,27). The van der Waals surface area contributed by atoms with Crippen LogP contribution in [0, 0.1) is 5.92 Å². The highest BCUT2D eigenvalue weighted by Gasteiger charge is 2.15. The Labute approximate surface area is 166 Å². The van der Waals surface area contributed by atoms with E-state index in [0.29, 0.717) is 17.5 Å². The molecule has 2 aromatic carbocycles. The fourth-order valence-corrected chi connectivity index (χ4v) is 3.63. The van der Waals surface area contributed by atoms with Crippen LogP contribution in [0.25, 0.3) is 0 Å². The minimum atomic E-state index is -0.0119. The number of carbonyl (C=O) groups is 1. The molecule has 27 heavy (non-hydrogen) atoms. The summed E-state index contributed by atoms with van der Waals surface area (Å²) in [6.45, 7) is 0. The number of amides is 1. The van der Waals surface area contributed by atoms with Crippen molar-refractivity contribution in [2.45, 2.75) is 44.9 Å². The lowest BCUT2D eigenvalue weighted by molar-refractivity contribution is -0.120.